The highest BCUT2D eigenvalue weighted by molar-refractivity contribution is 5.94. The Morgan fingerprint density at radius 2 is 1.87 bits per heavy atom. The molecule has 30 heavy (non-hydrogen) atoms. The summed E-state index contributed by atoms with van der Waals surface area (Å²) >= 11 is 0. The highest BCUT2D eigenvalue weighted by Crippen LogP contribution is 2.22. The third kappa shape index (κ3) is 5.69. The molecule has 8 nitrogen and oxygen atoms in total. The number of benzene rings is 1. The highest BCUT2D eigenvalue weighted by atomic mass is 19.4. The summed E-state index contributed by atoms with van der Waals surface area (Å²) in [5.74, 6) is 1.83. The predicted molar refractivity (Wildman–Crippen MR) is 103 cm³/mol. The maximum absolute atomic E-state index is 12.2. The standard InChI is InChI=1S/C19H19F3N6O2/c1-12-26-16(11-17(27-12)28-10-9-23-13(28)2)24-7-8-25-18(29)14-3-5-15(6-4-14)30-19(20,21)22/h3-6,9-11H,7-8H2,1-2H3,(H,25,29)(H,24,26,27). The van der Waals surface area contributed by atoms with Crippen molar-refractivity contribution in [3.05, 3.63) is 59.9 Å². The lowest BCUT2D eigenvalue weighted by atomic mass is 10.2. The third-order valence-corrected chi connectivity index (χ3v) is 3.96. The molecule has 2 aromatic heterocycles. The first-order chi connectivity index (χ1) is 14.2. The molecule has 0 aliphatic rings. The number of carbonyl (C=O) groups is 1. The molecule has 0 saturated heterocycles. The number of aryl methyl sites for hydroxylation is 2. The SMILES string of the molecule is Cc1nc(NCCNC(=O)c2ccc(OC(F)(F)F)cc2)cc(-n2ccnc2C)n1. The van der Waals surface area contributed by atoms with Gasteiger partial charge in [0.05, 0.1) is 0 Å². The average Bonchev–Trinajstić information content (AvgIpc) is 3.10. The van der Waals surface area contributed by atoms with Crippen molar-refractivity contribution in [2.75, 3.05) is 18.4 Å². The number of halogens is 3. The monoisotopic (exact) mass is 420 g/mol. The molecule has 3 aromatic rings. The van der Waals surface area contributed by atoms with Crippen molar-refractivity contribution < 1.29 is 22.7 Å². The zero-order valence-electron chi connectivity index (χ0n) is 16.2. The van der Waals surface area contributed by atoms with Crippen LogP contribution in [-0.2, 0) is 0 Å². The van der Waals surface area contributed by atoms with Gasteiger partial charge in [-0.25, -0.2) is 15.0 Å². The smallest absolute Gasteiger partial charge is 0.406 e. The largest absolute Gasteiger partial charge is 0.573 e. The van der Waals surface area contributed by atoms with Crippen LogP contribution in [-0.4, -0.2) is 44.9 Å². The van der Waals surface area contributed by atoms with Crippen LogP contribution in [0, 0.1) is 13.8 Å². The van der Waals surface area contributed by atoms with Crippen LogP contribution in [0.4, 0.5) is 19.0 Å². The van der Waals surface area contributed by atoms with Crippen LogP contribution in [0.5, 0.6) is 5.75 Å². The first kappa shape index (κ1) is 21.1. The molecule has 158 valence electrons. The number of rotatable bonds is 7. The molecule has 11 heteroatoms. The molecule has 0 saturated carbocycles. The molecule has 3 rings (SSSR count). The molecule has 0 radical (unpaired) electrons. The van der Waals surface area contributed by atoms with Crippen LogP contribution in [0.3, 0.4) is 0 Å². The minimum absolute atomic E-state index is 0.222. The molecule has 0 unspecified atom stereocenters. The van der Waals surface area contributed by atoms with Crippen LogP contribution < -0.4 is 15.4 Å². The number of aromatic nitrogens is 4. The summed E-state index contributed by atoms with van der Waals surface area (Å²) < 4.78 is 42.1. The quantitative estimate of drug-likeness (QED) is 0.571. The second-order valence-corrected chi connectivity index (χ2v) is 6.26. The number of carbonyl (C=O) groups excluding carboxylic acids is 1. The topological polar surface area (TPSA) is 94.0 Å². The van der Waals surface area contributed by atoms with E-state index in [2.05, 4.69) is 30.3 Å². The minimum atomic E-state index is -4.77. The van der Waals surface area contributed by atoms with Crippen molar-refractivity contribution in [2.45, 2.75) is 20.2 Å². The van der Waals surface area contributed by atoms with Gasteiger partial charge in [-0.3, -0.25) is 9.36 Å². The van der Waals surface area contributed by atoms with Crippen molar-refractivity contribution >= 4 is 11.7 Å². The molecule has 2 N–H and O–H groups in total. The van der Waals surface area contributed by atoms with Gasteiger partial charge in [-0.2, -0.15) is 0 Å². The summed E-state index contributed by atoms with van der Waals surface area (Å²) in [4.78, 5) is 25.0. The Hall–Kier alpha value is -3.63. The van der Waals surface area contributed by atoms with Gasteiger partial charge < -0.3 is 15.4 Å². The average molecular weight is 420 g/mol. The van der Waals surface area contributed by atoms with E-state index in [0.29, 0.717) is 24.0 Å². The zero-order valence-corrected chi connectivity index (χ0v) is 16.2. The van der Waals surface area contributed by atoms with E-state index in [1.807, 2.05) is 11.5 Å². The number of ether oxygens (including phenoxy) is 1. The lowest BCUT2D eigenvalue weighted by Gasteiger charge is -2.11. The lowest BCUT2D eigenvalue weighted by Crippen LogP contribution is -2.29. The molecular weight excluding hydrogens is 401 g/mol. The van der Waals surface area contributed by atoms with Crippen LogP contribution in [0.2, 0.25) is 0 Å². The molecule has 0 aliphatic carbocycles. The van der Waals surface area contributed by atoms with E-state index in [-0.39, 0.29) is 17.9 Å². The van der Waals surface area contributed by atoms with E-state index in [1.54, 1.807) is 25.4 Å². The lowest BCUT2D eigenvalue weighted by molar-refractivity contribution is -0.274. The first-order valence-corrected chi connectivity index (χ1v) is 8.95. The first-order valence-electron chi connectivity index (χ1n) is 8.95. The Bertz CT molecular complexity index is 1020. The van der Waals surface area contributed by atoms with Crippen LogP contribution >= 0.6 is 0 Å². The van der Waals surface area contributed by atoms with Crippen molar-refractivity contribution in [3.8, 4) is 11.6 Å². The number of imidazole rings is 1. The molecule has 0 fully saturated rings. The Balaban J connectivity index is 1.52. The van der Waals surface area contributed by atoms with Crippen molar-refractivity contribution in [3.63, 3.8) is 0 Å². The van der Waals surface area contributed by atoms with E-state index in [1.165, 1.54) is 12.1 Å². The molecular formula is C19H19F3N6O2. The molecule has 1 amide bonds. The summed E-state index contributed by atoms with van der Waals surface area (Å²) in [6.45, 7) is 4.30. The number of hydrogen-bond acceptors (Lipinski definition) is 6. The summed E-state index contributed by atoms with van der Waals surface area (Å²) in [7, 11) is 0. The Morgan fingerprint density at radius 3 is 2.50 bits per heavy atom. The molecule has 2 heterocycles. The van der Waals surface area contributed by atoms with E-state index >= 15 is 0 Å². The van der Waals surface area contributed by atoms with Gasteiger partial charge in [0.2, 0.25) is 0 Å². The fourth-order valence-corrected chi connectivity index (χ4v) is 2.66. The van der Waals surface area contributed by atoms with Gasteiger partial charge in [-0.15, -0.1) is 13.2 Å². The normalized spacial score (nSPS) is 11.2. The van der Waals surface area contributed by atoms with Crippen molar-refractivity contribution in [1.29, 1.82) is 0 Å². The minimum Gasteiger partial charge on any atom is -0.406 e. The summed E-state index contributed by atoms with van der Waals surface area (Å²) in [5, 5.41) is 5.78. The number of amides is 1. The molecule has 0 aliphatic heterocycles. The molecule has 0 spiro atoms. The fraction of sp³-hybridized carbons (Fsp3) is 0.263. The summed E-state index contributed by atoms with van der Waals surface area (Å²) in [5.41, 5.74) is 0.222. The molecule has 1 aromatic carbocycles. The second kappa shape index (κ2) is 8.80. The van der Waals surface area contributed by atoms with Crippen molar-refractivity contribution in [2.24, 2.45) is 0 Å². The number of hydrogen-bond donors (Lipinski definition) is 2. The zero-order chi connectivity index (χ0) is 21.7. The predicted octanol–water partition coefficient (Wildman–Crippen LogP) is 3.02. The molecule has 0 bridgehead atoms. The highest BCUT2D eigenvalue weighted by Gasteiger charge is 2.31. The third-order valence-electron chi connectivity index (χ3n) is 3.96. The van der Waals surface area contributed by atoms with Gasteiger partial charge >= 0.3 is 6.36 Å². The van der Waals surface area contributed by atoms with E-state index in [0.717, 1.165) is 18.0 Å². The Kier molecular flexibility index (Phi) is 6.19. The number of anilines is 1. The van der Waals surface area contributed by atoms with Crippen molar-refractivity contribution in [1.82, 2.24) is 24.8 Å². The number of nitrogens with zero attached hydrogens (tertiary/aromatic N) is 4. The van der Waals surface area contributed by atoms with Gasteiger partial charge in [0.1, 0.15) is 29.0 Å². The van der Waals surface area contributed by atoms with Crippen LogP contribution in [0.25, 0.3) is 5.82 Å². The Labute approximate surface area is 170 Å². The Morgan fingerprint density at radius 1 is 1.13 bits per heavy atom. The van der Waals surface area contributed by atoms with Gasteiger partial charge in [0.25, 0.3) is 5.91 Å². The van der Waals surface area contributed by atoms with Gasteiger partial charge in [-0.05, 0) is 38.1 Å². The fourth-order valence-electron chi connectivity index (χ4n) is 2.66. The maximum atomic E-state index is 12.2. The van der Waals surface area contributed by atoms with E-state index < -0.39 is 12.3 Å². The van der Waals surface area contributed by atoms with E-state index in [4.69, 9.17) is 0 Å². The molecule has 0 atom stereocenters. The second-order valence-electron chi connectivity index (χ2n) is 6.26. The van der Waals surface area contributed by atoms with Crippen LogP contribution in [0.15, 0.2) is 42.7 Å². The summed E-state index contributed by atoms with van der Waals surface area (Å²) in [6, 6.07) is 6.46. The van der Waals surface area contributed by atoms with E-state index in [9.17, 15) is 18.0 Å². The number of nitrogens with one attached hydrogen (secondary N) is 2. The number of alkyl halides is 3. The van der Waals surface area contributed by atoms with Gasteiger partial charge in [0, 0.05) is 37.1 Å². The van der Waals surface area contributed by atoms with Crippen LogP contribution in [0.1, 0.15) is 22.0 Å². The van der Waals surface area contributed by atoms with Gasteiger partial charge in [0.15, 0.2) is 0 Å². The summed E-state index contributed by atoms with van der Waals surface area (Å²) in [6.07, 6.45) is -1.30. The maximum Gasteiger partial charge on any atom is 0.573 e. The van der Waals surface area contributed by atoms with Gasteiger partial charge in [-0.1, -0.05) is 0 Å².